The van der Waals surface area contributed by atoms with E-state index in [4.69, 9.17) is 37.5 Å². The van der Waals surface area contributed by atoms with Gasteiger partial charge in [0.05, 0.1) is 16.8 Å². The minimum Gasteiger partial charge on any atom is -0.482 e. The number of aryl methyl sites for hydroxylation is 1. The lowest BCUT2D eigenvalue weighted by Crippen LogP contribution is -2.24. The van der Waals surface area contributed by atoms with E-state index in [9.17, 15) is 9.59 Å². The number of hydrogen-bond acceptors (Lipinski definition) is 5. The van der Waals surface area contributed by atoms with E-state index in [1.165, 1.54) is 18.3 Å². The number of carboxylic acid groups (broad SMARTS) is 1. The Morgan fingerprint density at radius 1 is 1.17 bits per heavy atom. The number of rotatable bonds is 7. The number of ether oxygens (including phenoxy) is 1. The third-order valence-electron chi connectivity index (χ3n) is 4.00. The van der Waals surface area contributed by atoms with Crippen molar-refractivity contribution in [3.63, 3.8) is 0 Å². The lowest BCUT2D eigenvalue weighted by molar-refractivity contribution is -0.123. The Morgan fingerprint density at radius 2 is 1.97 bits per heavy atom. The molecule has 7 nitrogen and oxygen atoms in total. The highest BCUT2D eigenvalue weighted by atomic mass is 35.5. The van der Waals surface area contributed by atoms with Gasteiger partial charge < -0.3 is 14.3 Å². The average molecular weight is 447 g/mol. The summed E-state index contributed by atoms with van der Waals surface area (Å²) in [7, 11) is 0. The summed E-state index contributed by atoms with van der Waals surface area (Å²) in [6.07, 6.45) is 1.34. The molecule has 0 saturated carbocycles. The van der Waals surface area contributed by atoms with E-state index in [0.29, 0.717) is 27.3 Å². The monoisotopic (exact) mass is 446 g/mol. The van der Waals surface area contributed by atoms with Crippen molar-refractivity contribution in [3.8, 4) is 17.1 Å². The number of halogens is 2. The average Bonchev–Trinajstić information content (AvgIpc) is 3.15. The second kappa shape index (κ2) is 9.47. The molecule has 0 radical (unpaired) electrons. The van der Waals surface area contributed by atoms with E-state index < -0.39 is 11.9 Å². The summed E-state index contributed by atoms with van der Waals surface area (Å²) in [6.45, 7) is 1.52. The van der Waals surface area contributed by atoms with Crippen LogP contribution in [0.1, 0.15) is 21.7 Å². The molecule has 0 fully saturated rings. The summed E-state index contributed by atoms with van der Waals surface area (Å²) in [4.78, 5) is 22.9. The van der Waals surface area contributed by atoms with E-state index in [1.807, 2.05) is 0 Å². The molecule has 30 heavy (non-hydrogen) atoms. The van der Waals surface area contributed by atoms with Gasteiger partial charge in [-0.15, -0.1) is 0 Å². The molecule has 1 aromatic heterocycles. The minimum atomic E-state index is -0.991. The van der Waals surface area contributed by atoms with Gasteiger partial charge in [0.25, 0.3) is 5.91 Å². The van der Waals surface area contributed by atoms with E-state index in [0.717, 1.165) is 11.1 Å². The Balaban J connectivity index is 1.56. The van der Waals surface area contributed by atoms with Gasteiger partial charge in [0.2, 0.25) is 0 Å². The van der Waals surface area contributed by atoms with Crippen LogP contribution in [0.4, 0.5) is 0 Å². The molecule has 0 bridgehead atoms. The fourth-order valence-corrected chi connectivity index (χ4v) is 3.04. The molecular weight excluding hydrogens is 431 g/mol. The second-order valence-corrected chi connectivity index (χ2v) is 7.04. The first kappa shape index (κ1) is 21.4. The van der Waals surface area contributed by atoms with Crippen molar-refractivity contribution in [2.24, 2.45) is 5.10 Å². The van der Waals surface area contributed by atoms with Gasteiger partial charge in [0, 0.05) is 10.6 Å². The number of nitrogens with one attached hydrogen (secondary N) is 1. The molecule has 2 aromatic carbocycles. The first-order valence-corrected chi connectivity index (χ1v) is 9.43. The third kappa shape index (κ3) is 5.40. The number of aromatic carboxylic acids is 1. The van der Waals surface area contributed by atoms with E-state index in [-0.39, 0.29) is 12.2 Å². The van der Waals surface area contributed by atoms with Gasteiger partial charge in [0.15, 0.2) is 6.61 Å². The van der Waals surface area contributed by atoms with Crippen LogP contribution >= 0.6 is 23.2 Å². The zero-order chi connectivity index (χ0) is 21.7. The Kier molecular flexibility index (Phi) is 6.76. The normalized spacial score (nSPS) is 10.9. The third-order valence-corrected chi connectivity index (χ3v) is 4.53. The molecule has 154 valence electrons. The Morgan fingerprint density at radius 3 is 2.67 bits per heavy atom. The van der Waals surface area contributed by atoms with Crippen molar-refractivity contribution < 1.29 is 23.8 Å². The summed E-state index contributed by atoms with van der Waals surface area (Å²) >= 11 is 11.8. The van der Waals surface area contributed by atoms with Gasteiger partial charge in [-0.05, 0) is 55.0 Å². The highest BCUT2D eigenvalue weighted by Gasteiger charge is 2.10. The maximum atomic E-state index is 11.8. The van der Waals surface area contributed by atoms with Gasteiger partial charge in [0.1, 0.15) is 17.3 Å². The minimum absolute atomic E-state index is 0.203. The van der Waals surface area contributed by atoms with Crippen molar-refractivity contribution in [1.82, 2.24) is 5.43 Å². The van der Waals surface area contributed by atoms with Gasteiger partial charge >= 0.3 is 5.97 Å². The Bertz CT molecular complexity index is 1120. The molecule has 9 heteroatoms. The van der Waals surface area contributed by atoms with Crippen molar-refractivity contribution in [1.29, 1.82) is 0 Å². The van der Waals surface area contributed by atoms with Gasteiger partial charge in [-0.3, -0.25) is 4.79 Å². The summed E-state index contributed by atoms with van der Waals surface area (Å²) in [5.41, 5.74) is 4.05. The molecule has 2 N–H and O–H groups in total. The van der Waals surface area contributed by atoms with Crippen LogP contribution in [0, 0.1) is 6.92 Å². The quantitative estimate of drug-likeness (QED) is 0.401. The number of furan rings is 1. The largest absolute Gasteiger partial charge is 0.482 e. The Labute approximate surface area is 181 Å². The van der Waals surface area contributed by atoms with E-state index in [2.05, 4.69) is 10.5 Å². The second-order valence-electron chi connectivity index (χ2n) is 6.19. The topological polar surface area (TPSA) is 101 Å². The molecule has 0 aliphatic rings. The van der Waals surface area contributed by atoms with Crippen molar-refractivity contribution in [3.05, 3.63) is 75.5 Å². The van der Waals surface area contributed by atoms with Gasteiger partial charge in [-0.2, -0.15) is 5.10 Å². The van der Waals surface area contributed by atoms with E-state index in [1.54, 1.807) is 43.3 Å². The number of hydrazone groups is 1. The first-order chi connectivity index (χ1) is 14.3. The van der Waals surface area contributed by atoms with Crippen LogP contribution < -0.4 is 10.2 Å². The van der Waals surface area contributed by atoms with Gasteiger partial charge in [-0.25, -0.2) is 10.2 Å². The maximum Gasteiger partial charge on any atom is 0.335 e. The van der Waals surface area contributed by atoms with Crippen LogP contribution in [0.25, 0.3) is 11.3 Å². The molecule has 0 spiro atoms. The van der Waals surface area contributed by atoms with Crippen LogP contribution in [0.3, 0.4) is 0 Å². The molecule has 0 aliphatic heterocycles. The summed E-state index contributed by atoms with van der Waals surface area (Å²) in [5, 5.41) is 13.6. The highest BCUT2D eigenvalue weighted by molar-refractivity contribution is 6.35. The van der Waals surface area contributed by atoms with Crippen LogP contribution in [-0.4, -0.2) is 29.8 Å². The standard InChI is InChI=1S/C21H16Cl2N2O5/c1-12-8-13(21(27)28)2-5-16(12)18-7-4-15(30-18)10-24-25-20(26)11-29-19-6-3-14(22)9-17(19)23/h2-10H,11H2,1H3,(H,25,26)(H,27,28)/b24-10+. The number of amides is 1. The molecule has 0 atom stereocenters. The smallest absolute Gasteiger partial charge is 0.335 e. The summed E-state index contributed by atoms with van der Waals surface area (Å²) < 4.78 is 11.0. The molecule has 3 rings (SSSR count). The van der Waals surface area contributed by atoms with Crippen LogP contribution in [0.15, 0.2) is 58.0 Å². The summed E-state index contributed by atoms with van der Waals surface area (Å²) in [6, 6.07) is 12.9. The molecule has 3 aromatic rings. The zero-order valence-electron chi connectivity index (χ0n) is 15.7. The molecule has 0 unspecified atom stereocenters. The van der Waals surface area contributed by atoms with Crippen molar-refractivity contribution in [2.75, 3.05) is 6.61 Å². The van der Waals surface area contributed by atoms with Crippen LogP contribution in [0.2, 0.25) is 10.0 Å². The molecule has 1 amide bonds. The number of benzene rings is 2. The number of carbonyl (C=O) groups is 2. The summed E-state index contributed by atoms with van der Waals surface area (Å²) in [5.74, 6) is -0.175. The molecule has 0 saturated heterocycles. The number of carbonyl (C=O) groups excluding carboxylic acids is 1. The Hall–Kier alpha value is -3.29. The number of hydrogen-bond donors (Lipinski definition) is 2. The van der Waals surface area contributed by atoms with Crippen LogP contribution in [0.5, 0.6) is 5.75 Å². The fourth-order valence-electron chi connectivity index (χ4n) is 2.58. The SMILES string of the molecule is Cc1cc(C(=O)O)ccc1-c1ccc(/C=N/NC(=O)COc2ccc(Cl)cc2Cl)o1. The zero-order valence-corrected chi connectivity index (χ0v) is 17.2. The fraction of sp³-hybridized carbons (Fsp3) is 0.0952. The molecule has 1 heterocycles. The highest BCUT2D eigenvalue weighted by Crippen LogP contribution is 2.27. The van der Waals surface area contributed by atoms with E-state index >= 15 is 0 Å². The number of carboxylic acids is 1. The lowest BCUT2D eigenvalue weighted by atomic mass is 10.0. The molecule has 0 aliphatic carbocycles. The maximum absolute atomic E-state index is 11.8. The molecular formula is C21H16Cl2N2O5. The predicted octanol–water partition coefficient (Wildman–Crippen LogP) is 4.79. The first-order valence-electron chi connectivity index (χ1n) is 8.67. The predicted molar refractivity (Wildman–Crippen MR) is 114 cm³/mol. The van der Waals surface area contributed by atoms with Gasteiger partial charge in [-0.1, -0.05) is 29.3 Å². The lowest BCUT2D eigenvalue weighted by Gasteiger charge is -2.06. The number of nitrogens with zero attached hydrogens (tertiary/aromatic N) is 1. The van der Waals surface area contributed by atoms with Crippen molar-refractivity contribution >= 4 is 41.3 Å². The van der Waals surface area contributed by atoms with Crippen molar-refractivity contribution in [2.45, 2.75) is 6.92 Å². The van der Waals surface area contributed by atoms with Crippen LogP contribution in [-0.2, 0) is 4.79 Å².